The molecule has 8 rings (SSSR count). The molecule has 51 heavy (non-hydrogen) atoms. The number of rotatable bonds is 5. The van der Waals surface area contributed by atoms with E-state index in [1.807, 2.05) is 0 Å². The normalized spacial score (nSPS) is 59.9. The van der Waals surface area contributed by atoms with Crippen LogP contribution in [0.25, 0.3) is 0 Å². The van der Waals surface area contributed by atoms with Crippen molar-refractivity contribution in [2.75, 3.05) is 19.8 Å². The van der Waals surface area contributed by atoms with Crippen molar-refractivity contribution in [2.24, 2.45) is 52.3 Å². The highest BCUT2D eigenvalue weighted by molar-refractivity contribution is 5.16. The molecule has 0 radical (unpaired) electrons. The van der Waals surface area contributed by atoms with E-state index in [0.717, 1.165) is 51.6 Å². The molecule has 4 aliphatic carbocycles. The lowest BCUT2D eigenvalue weighted by Gasteiger charge is -2.62. The molecule has 0 aromatic heterocycles. The minimum atomic E-state index is -1.62. The van der Waals surface area contributed by atoms with Crippen LogP contribution >= 0.6 is 0 Å². The number of hydrogen-bond donors (Lipinski definition) is 7. The van der Waals surface area contributed by atoms with Crippen LogP contribution in [0.2, 0.25) is 0 Å². The first-order valence-corrected chi connectivity index (χ1v) is 19.8. The highest BCUT2D eigenvalue weighted by Gasteiger charge is 2.70. The summed E-state index contributed by atoms with van der Waals surface area (Å²) in [7, 11) is 0. The monoisotopic (exact) mass is 726 g/mol. The van der Waals surface area contributed by atoms with Crippen LogP contribution < -0.4 is 0 Å². The van der Waals surface area contributed by atoms with E-state index < -0.39 is 73.8 Å². The summed E-state index contributed by atoms with van der Waals surface area (Å²) in [5.74, 6) is 2.30. The van der Waals surface area contributed by atoms with Crippen LogP contribution in [-0.4, -0.2) is 135 Å². The van der Waals surface area contributed by atoms with Gasteiger partial charge >= 0.3 is 0 Å². The fourth-order valence-corrected chi connectivity index (χ4v) is 13.0. The molecular weight excluding hydrogens is 664 g/mol. The number of aliphatic hydroxyl groups excluding tert-OH is 7. The Labute approximate surface area is 300 Å². The predicted molar refractivity (Wildman–Crippen MR) is 178 cm³/mol. The molecule has 8 fully saturated rings. The Morgan fingerprint density at radius 1 is 0.706 bits per heavy atom. The van der Waals surface area contributed by atoms with Gasteiger partial charge in [0.1, 0.15) is 42.7 Å². The second-order valence-electron chi connectivity index (χ2n) is 18.4. The van der Waals surface area contributed by atoms with Gasteiger partial charge in [-0.3, -0.25) is 0 Å². The summed E-state index contributed by atoms with van der Waals surface area (Å²) < 4.78 is 37.2. The van der Waals surface area contributed by atoms with Gasteiger partial charge in [0.25, 0.3) is 0 Å². The van der Waals surface area contributed by atoms with Crippen LogP contribution in [0.3, 0.4) is 0 Å². The van der Waals surface area contributed by atoms with Crippen molar-refractivity contribution in [3.05, 3.63) is 0 Å². The molecule has 1 spiro atoms. The highest BCUT2D eigenvalue weighted by Crippen LogP contribution is 2.71. The smallest absolute Gasteiger partial charge is 0.187 e. The minimum absolute atomic E-state index is 0.00826. The molecule has 4 heterocycles. The quantitative estimate of drug-likeness (QED) is 0.199. The van der Waals surface area contributed by atoms with Crippen LogP contribution in [-0.2, 0) is 28.4 Å². The molecule has 0 aromatic rings. The van der Waals surface area contributed by atoms with Gasteiger partial charge in [0, 0.05) is 12.3 Å². The van der Waals surface area contributed by atoms with Gasteiger partial charge in [-0.2, -0.15) is 0 Å². The molecule has 13 nitrogen and oxygen atoms in total. The van der Waals surface area contributed by atoms with E-state index in [1.54, 1.807) is 0 Å². The van der Waals surface area contributed by atoms with Gasteiger partial charge in [-0.05, 0) is 97.7 Å². The lowest BCUT2D eigenvalue weighted by atomic mass is 9.43. The number of aliphatic hydroxyl groups is 7. The molecule has 4 saturated carbocycles. The summed E-state index contributed by atoms with van der Waals surface area (Å²) in [5, 5.41) is 74.2. The maximum Gasteiger partial charge on any atom is 0.187 e. The first-order valence-electron chi connectivity index (χ1n) is 19.8. The lowest BCUT2D eigenvalue weighted by Crippen LogP contribution is -2.64. The van der Waals surface area contributed by atoms with Crippen LogP contribution in [0.15, 0.2) is 0 Å². The summed E-state index contributed by atoms with van der Waals surface area (Å²) in [6.45, 7) is 9.39. The van der Waals surface area contributed by atoms with Crippen LogP contribution in [0.4, 0.5) is 0 Å². The van der Waals surface area contributed by atoms with Gasteiger partial charge in [-0.1, -0.05) is 27.7 Å². The van der Waals surface area contributed by atoms with Crippen molar-refractivity contribution >= 4 is 0 Å². The molecule has 0 bridgehead atoms. The van der Waals surface area contributed by atoms with Crippen LogP contribution in [0.5, 0.6) is 0 Å². The van der Waals surface area contributed by atoms with E-state index in [-0.39, 0.29) is 35.6 Å². The summed E-state index contributed by atoms with van der Waals surface area (Å²) >= 11 is 0. The van der Waals surface area contributed by atoms with Gasteiger partial charge in [-0.15, -0.1) is 0 Å². The maximum atomic E-state index is 12.0. The minimum Gasteiger partial charge on any atom is -0.394 e. The Bertz CT molecular complexity index is 1250. The summed E-state index contributed by atoms with van der Waals surface area (Å²) in [4.78, 5) is 0. The molecule has 4 saturated heterocycles. The van der Waals surface area contributed by atoms with E-state index >= 15 is 0 Å². The second kappa shape index (κ2) is 13.6. The topological polar surface area (TPSA) is 197 Å². The first kappa shape index (κ1) is 37.4. The number of ether oxygens (including phenoxy) is 6. The third-order valence-electron chi connectivity index (χ3n) is 15.8. The zero-order valence-electron chi connectivity index (χ0n) is 30.5. The largest absolute Gasteiger partial charge is 0.394 e. The van der Waals surface area contributed by atoms with Gasteiger partial charge in [0.05, 0.1) is 38.1 Å². The van der Waals surface area contributed by atoms with E-state index in [0.29, 0.717) is 48.3 Å². The predicted octanol–water partition coefficient (Wildman–Crippen LogP) is 1.05. The Balaban J connectivity index is 0.959. The Morgan fingerprint density at radius 3 is 2.20 bits per heavy atom. The summed E-state index contributed by atoms with van der Waals surface area (Å²) in [5.41, 5.74) is 0.0668. The average Bonchev–Trinajstić information content (AvgIpc) is 3.55. The highest BCUT2D eigenvalue weighted by atomic mass is 16.8. The van der Waals surface area contributed by atoms with Crippen molar-refractivity contribution in [3.63, 3.8) is 0 Å². The molecule has 0 aromatic carbocycles. The molecule has 8 aliphatic rings. The third kappa shape index (κ3) is 5.90. The molecule has 13 heteroatoms. The van der Waals surface area contributed by atoms with Gasteiger partial charge in [-0.25, -0.2) is 0 Å². The van der Waals surface area contributed by atoms with E-state index in [2.05, 4.69) is 27.7 Å². The van der Waals surface area contributed by atoms with Crippen molar-refractivity contribution in [2.45, 2.75) is 165 Å². The van der Waals surface area contributed by atoms with Crippen molar-refractivity contribution in [3.8, 4) is 0 Å². The number of hydrogen-bond acceptors (Lipinski definition) is 13. The third-order valence-corrected chi connectivity index (χ3v) is 15.8. The van der Waals surface area contributed by atoms with E-state index in [1.165, 1.54) is 0 Å². The van der Waals surface area contributed by atoms with Crippen molar-refractivity contribution in [1.82, 2.24) is 0 Å². The average molecular weight is 727 g/mol. The summed E-state index contributed by atoms with van der Waals surface area (Å²) in [6.07, 6.45) is -5.04. The molecule has 7 N–H and O–H groups in total. The molecule has 292 valence electrons. The fourth-order valence-electron chi connectivity index (χ4n) is 13.0. The fraction of sp³-hybridized carbons (Fsp3) is 1.00. The molecule has 4 aliphatic heterocycles. The van der Waals surface area contributed by atoms with Gasteiger partial charge < -0.3 is 64.2 Å². The standard InChI is InChI=1S/C38H62O13/c1-17-5-10-38(47-15-17)18(2)28-26(51-38)13-22-20-12-24(40)23-11-19(6-8-36(23,3)21(20)7-9-37(22,28)4)48-35-33(31(44)30(43)27(14-39)49-35)50-34-32(45)29(42)25(41)16-46-34/h17-35,39-45H,5-16H2,1-4H3/t17-,18+,19+,20-,21+,22+,23-,24+,25+,26+,27-,28+,29-,30-,31+,32+,33-,34-,35-,36-,37+,38-/m1/s1. The molecule has 0 unspecified atom stereocenters. The Kier molecular flexibility index (Phi) is 9.97. The lowest BCUT2D eigenvalue weighted by molar-refractivity contribution is -0.364. The van der Waals surface area contributed by atoms with Crippen LogP contribution in [0, 0.1) is 52.3 Å². The molecular formula is C38H62O13. The van der Waals surface area contributed by atoms with Crippen LogP contribution in [0.1, 0.15) is 85.5 Å². The number of fused-ring (bicyclic) bond motifs is 7. The maximum absolute atomic E-state index is 12.0. The molecule has 0 amide bonds. The van der Waals surface area contributed by atoms with E-state index in [4.69, 9.17) is 28.4 Å². The first-order chi connectivity index (χ1) is 24.2. The zero-order valence-corrected chi connectivity index (χ0v) is 30.5. The molecule has 22 atom stereocenters. The van der Waals surface area contributed by atoms with Gasteiger partial charge in [0.2, 0.25) is 0 Å². The Morgan fingerprint density at radius 2 is 1.47 bits per heavy atom. The Hall–Kier alpha value is -0.520. The van der Waals surface area contributed by atoms with Gasteiger partial charge in [0.15, 0.2) is 18.4 Å². The second-order valence-corrected chi connectivity index (χ2v) is 18.4. The van der Waals surface area contributed by atoms with Crippen molar-refractivity contribution in [1.29, 1.82) is 0 Å². The van der Waals surface area contributed by atoms with E-state index in [9.17, 15) is 35.7 Å². The SMILES string of the molecule is C[C@@H]1CC[C@@]2(OC1)O[C@H]1C[C@H]3[C@@H]4C[C@H](O)[C@H]5C[C@@H](O[C@@H]6O[C@H](CO)[C@@H](O)[C@H](O)[C@H]6O[C@H]6OC[C@H](O)[C@@H](O)[C@@H]6O)CC[C@]5(C)[C@H]4CC[C@]3(C)[C@H]1[C@@H]2C. The summed E-state index contributed by atoms with van der Waals surface area (Å²) in [6, 6.07) is 0. The zero-order chi connectivity index (χ0) is 36.2. The van der Waals surface area contributed by atoms with Crippen molar-refractivity contribution < 1.29 is 64.2 Å².